The fraction of sp³-hybridized carbons (Fsp3) is 0.533. The third-order valence-corrected chi connectivity index (χ3v) is 3.35. The van der Waals surface area contributed by atoms with E-state index in [-0.39, 0.29) is 11.3 Å². The monoisotopic (exact) mass is 279 g/mol. The number of phenolic OH excluding ortho intramolecular Hbond substituents is 1. The number of hydroxylamine groups is 1. The average Bonchev–Trinajstić information content (AvgIpc) is 2.45. The van der Waals surface area contributed by atoms with Crippen molar-refractivity contribution in [3.63, 3.8) is 0 Å². The van der Waals surface area contributed by atoms with Gasteiger partial charge in [-0.15, -0.1) is 0 Å². The SMILES string of the molecule is CC(C)c1ccc(C(=O)NOC2CCCCO2)c(O)c1. The smallest absolute Gasteiger partial charge is 0.278 e. The Labute approximate surface area is 118 Å². The largest absolute Gasteiger partial charge is 0.507 e. The number of rotatable bonds is 4. The van der Waals surface area contributed by atoms with Crippen molar-refractivity contribution in [3.8, 4) is 5.75 Å². The van der Waals surface area contributed by atoms with Gasteiger partial charge < -0.3 is 9.84 Å². The highest BCUT2D eigenvalue weighted by molar-refractivity contribution is 5.96. The molecule has 1 aliphatic rings. The molecule has 1 heterocycles. The van der Waals surface area contributed by atoms with Crippen LogP contribution in [0.5, 0.6) is 5.75 Å². The van der Waals surface area contributed by atoms with Crippen LogP contribution in [0.25, 0.3) is 0 Å². The average molecular weight is 279 g/mol. The van der Waals surface area contributed by atoms with Crippen LogP contribution in [0.2, 0.25) is 0 Å². The number of nitrogens with one attached hydrogen (secondary N) is 1. The Balaban J connectivity index is 1.94. The zero-order chi connectivity index (χ0) is 14.5. The summed E-state index contributed by atoms with van der Waals surface area (Å²) in [6.07, 6.45) is 2.41. The van der Waals surface area contributed by atoms with Crippen molar-refractivity contribution in [1.82, 2.24) is 5.48 Å². The number of aromatic hydroxyl groups is 1. The zero-order valence-electron chi connectivity index (χ0n) is 11.9. The van der Waals surface area contributed by atoms with Crippen molar-refractivity contribution in [3.05, 3.63) is 29.3 Å². The lowest BCUT2D eigenvalue weighted by molar-refractivity contribution is -0.186. The van der Waals surface area contributed by atoms with Crippen molar-refractivity contribution < 1.29 is 19.5 Å². The van der Waals surface area contributed by atoms with Crippen LogP contribution in [0.4, 0.5) is 0 Å². The molecule has 1 amide bonds. The first kappa shape index (κ1) is 14.8. The van der Waals surface area contributed by atoms with Gasteiger partial charge in [0.2, 0.25) is 0 Å². The van der Waals surface area contributed by atoms with E-state index >= 15 is 0 Å². The maximum absolute atomic E-state index is 11.9. The second-order valence-electron chi connectivity index (χ2n) is 5.28. The molecule has 1 fully saturated rings. The molecule has 2 rings (SSSR count). The highest BCUT2D eigenvalue weighted by atomic mass is 16.8. The zero-order valence-corrected chi connectivity index (χ0v) is 11.9. The molecular weight excluding hydrogens is 258 g/mol. The van der Waals surface area contributed by atoms with Gasteiger partial charge in [-0.25, -0.2) is 10.3 Å². The number of hydrogen-bond donors (Lipinski definition) is 2. The number of amides is 1. The lowest BCUT2D eigenvalue weighted by atomic mass is 10.0. The quantitative estimate of drug-likeness (QED) is 0.832. The topological polar surface area (TPSA) is 67.8 Å². The summed E-state index contributed by atoms with van der Waals surface area (Å²) in [4.78, 5) is 17.1. The first-order valence-corrected chi connectivity index (χ1v) is 6.98. The van der Waals surface area contributed by atoms with E-state index in [0.717, 1.165) is 24.8 Å². The van der Waals surface area contributed by atoms with E-state index in [1.807, 2.05) is 19.9 Å². The summed E-state index contributed by atoms with van der Waals surface area (Å²) >= 11 is 0. The van der Waals surface area contributed by atoms with Gasteiger partial charge in [0.25, 0.3) is 5.91 Å². The van der Waals surface area contributed by atoms with Crippen LogP contribution in [0.1, 0.15) is 54.9 Å². The van der Waals surface area contributed by atoms with Gasteiger partial charge in [0.1, 0.15) is 5.75 Å². The molecule has 0 spiro atoms. The molecule has 0 aliphatic carbocycles. The van der Waals surface area contributed by atoms with Crippen LogP contribution < -0.4 is 5.48 Å². The number of ether oxygens (including phenoxy) is 1. The minimum Gasteiger partial charge on any atom is -0.507 e. The van der Waals surface area contributed by atoms with Crippen LogP contribution in [0, 0.1) is 0 Å². The molecule has 1 aliphatic heterocycles. The van der Waals surface area contributed by atoms with Gasteiger partial charge in [-0.05, 0) is 36.5 Å². The summed E-state index contributed by atoms with van der Waals surface area (Å²) in [7, 11) is 0. The highest BCUT2D eigenvalue weighted by Gasteiger charge is 2.18. The second-order valence-corrected chi connectivity index (χ2v) is 5.28. The number of carbonyl (C=O) groups is 1. The second kappa shape index (κ2) is 6.72. The lowest BCUT2D eigenvalue weighted by Gasteiger charge is -2.22. The van der Waals surface area contributed by atoms with Crippen molar-refractivity contribution in [1.29, 1.82) is 0 Å². The van der Waals surface area contributed by atoms with Crippen molar-refractivity contribution >= 4 is 5.91 Å². The molecule has 5 heteroatoms. The summed E-state index contributed by atoms with van der Waals surface area (Å²) in [6, 6.07) is 5.04. The molecule has 2 N–H and O–H groups in total. The minimum absolute atomic E-state index is 0.0399. The van der Waals surface area contributed by atoms with Crippen molar-refractivity contribution in [2.45, 2.75) is 45.3 Å². The van der Waals surface area contributed by atoms with Gasteiger partial charge in [0.05, 0.1) is 5.56 Å². The Morgan fingerprint density at radius 1 is 1.45 bits per heavy atom. The summed E-state index contributed by atoms with van der Waals surface area (Å²) in [5, 5.41) is 9.90. The molecule has 1 atom stereocenters. The van der Waals surface area contributed by atoms with Gasteiger partial charge in [-0.3, -0.25) is 4.79 Å². The fourth-order valence-corrected chi connectivity index (χ4v) is 2.08. The van der Waals surface area contributed by atoms with Crippen LogP contribution in [-0.2, 0) is 9.57 Å². The summed E-state index contributed by atoms with van der Waals surface area (Å²) in [5.74, 6) is -0.209. The van der Waals surface area contributed by atoms with Gasteiger partial charge in [-0.1, -0.05) is 19.9 Å². The van der Waals surface area contributed by atoms with E-state index in [0.29, 0.717) is 12.5 Å². The van der Waals surface area contributed by atoms with E-state index < -0.39 is 12.2 Å². The van der Waals surface area contributed by atoms with Gasteiger partial charge in [0.15, 0.2) is 6.29 Å². The minimum atomic E-state index is -0.466. The summed E-state index contributed by atoms with van der Waals surface area (Å²) in [5.41, 5.74) is 3.52. The molecule has 1 saturated heterocycles. The third kappa shape index (κ3) is 3.71. The van der Waals surface area contributed by atoms with E-state index in [1.54, 1.807) is 12.1 Å². The number of phenols is 1. The van der Waals surface area contributed by atoms with Crippen LogP contribution >= 0.6 is 0 Å². The standard InChI is InChI=1S/C15H21NO4/c1-10(2)11-6-7-12(13(17)9-11)15(18)16-20-14-5-3-4-8-19-14/h6-7,9-10,14,17H,3-5,8H2,1-2H3,(H,16,18). The van der Waals surface area contributed by atoms with E-state index in [1.165, 1.54) is 0 Å². The van der Waals surface area contributed by atoms with Crippen LogP contribution in [0.15, 0.2) is 18.2 Å². The molecule has 1 unspecified atom stereocenters. The Morgan fingerprint density at radius 3 is 2.85 bits per heavy atom. The van der Waals surface area contributed by atoms with Crippen LogP contribution in [0.3, 0.4) is 0 Å². The Bertz CT molecular complexity index is 467. The Hall–Kier alpha value is -1.59. The highest BCUT2D eigenvalue weighted by Crippen LogP contribution is 2.23. The Kier molecular flexibility index (Phi) is 4.98. The number of hydrogen-bond acceptors (Lipinski definition) is 4. The molecule has 1 aromatic rings. The van der Waals surface area contributed by atoms with Crippen LogP contribution in [-0.4, -0.2) is 23.9 Å². The van der Waals surface area contributed by atoms with Gasteiger partial charge in [-0.2, -0.15) is 0 Å². The number of carbonyl (C=O) groups excluding carboxylic acids is 1. The molecule has 0 aromatic heterocycles. The molecule has 1 aromatic carbocycles. The predicted molar refractivity (Wildman–Crippen MR) is 74.3 cm³/mol. The van der Waals surface area contributed by atoms with E-state index in [2.05, 4.69) is 5.48 Å². The van der Waals surface area contributed by atoms with E-state index in [9.17, 15) is 9.90 Å². The Morgan fingerprint density at radius 2 is 2.25 bits per heavy atom. The molecule has 110 valence electrons. The maximum atomic E-state index is 11.9. The molecule has 0 radical (unpaired) electrons. The lowest BCUT2D eigenvalue weighted by Crippen LogP contribution is -2.33. The summed E-state index contributed by atoms with van der Waals surface area (Å²) < 4.78 is 5.35. The first-order valence-electron chi connectivity index (χ1n) is 6.98. The van der Waals surface area contributed by atoms with Gasteiger partial charge in [0, 0.05) is 13.0 Å². The predicted octanol–water partition coefficient (Wildman–Crippen LogP) is 2.70. The van der Waals surface area contributed by atoms with E-state index in [4.69, 9.17) is 9.57 Å². The molecule has 20 heavy (non-hydrogen) atoms. The molecule has 0 bridgehead atoms. The molecular formula is C15H21NO4. The normalized spacial score (nSPS) is 19.1. The molecule has 0 saturated carbocycles. The summed E-state index contributed by atoms with van der Waals surface area (Å²) in [6.45, 7) is 4.70. The first-order chi connectivity index (χ1) is 9.58. The number of benzene rings is 1. The fourth-order valence-electron chi connectivity index (χ4n) is 2.08. The molecule has 5 nitrogen and oxygen atoms in total. The maximum Gasteiger partial charge on any atom is 0.278 e. The third-order valence-electron chi connectivity index (χ3n) is 3.35. The van der Waals surface area contributed by atoms with Gasteiger partial charge >= 0.3 is 0 Å². The van der Waals surface area contributed by atoms with Crippen molar-refractivity contribution in [2.75, 3.05) is 6.61 Å². The van der Waals surface area contributed by atoms with Crippen molar-refractivity contribution in [2.24, 2.45) is 0 Å².